The van der Waals surface area contributed by atoms with E-state index in [-0.39, 0.29) is 5.41 Å². The van der Waals surface area contributed by atoms with Gasteiger partial charge in [0.05, 0.1) is 0 Å². The fourth-order valence-corrected chi connectivity index (χ4v) is 2.24. The first-order chi connectivity index (χ1) is 9.88. The molecular weight excluding hydrogens is 256 g/mol. The van der Waals surface area contributed by atoms with Crippen LogP contribution in [0.1, 0.15) is 43.0 Å². The summed E-state index contributed by atoms with van der Waals surface area (Å²) in [4.78, 5) is 0. The fourth-order valence-electron chi connectivity index (χ4n) is 2.24. The van der Waals surface area contributed by atoms with E-state index in [2.05, 4.69) is 64.6 Å². The van der Waals surface area contributed by atoms with Gasteiger partial charge in [0.1, 0.15) is 12.4 Å². The molecule has 2 aromatic carbocycles. The molecule has 0 aliphatic heterocycles. The van der Waals surface area contributed by atoms with Crippen LogP contribution in [0, 0.1) is 6.92 Å². The zero-order valence-corrected chi connectivity index (χ0v) is 13.4. The largest absolute Gasteiger partial charge is 0.489 e. The summed E-state index contributed by atoms with van der Waals surface area (Å²) in [5, 5.41) is 0. The summed E-state index contributed by atoms with van der Waals surface area (Å²) >= 11 is 0. The molecule has 21 heavy (non-hydrogen) atoms. The van der Waals surface area contributed by atoms with Gasteiger partial charge in [0.15, 0.2) is 0 Å². The Hall–Kier alpha value is -2.02. The van der Waals surface area contributed by atoms with Gasteiger partial charge >= 0.3 is 0 Å². The fraction of sp³-hybridized carbons (Fsp3) is 0.300. The van der Waals surface area contributed by atoms with Gasteiger partial charge in [0.25, 0.3) is 0 Å². The first-order valence-corrected chi connectivity index (χ1v) is 7.35. The van der Waals surface area contributed by atoms with E-state index >= 15 is 0 Å². The molecule has 1 heteroatoms. The summed E-state index contributed by atoms with van der Waals surface area (Å²) in [5.74, 6) is 0.934. The molecule has 0 unspecified atom stereocenters. The Kier molecular flexibility index (Phi) is 4.52. The highest BCUT2D eigenvalue weighted by molar-refractivity contribution is 5.48. The number of ether oxygens (including phenoxy) is 1. The lowest BCUT2D eigenvalue weighted by atomic mass is 9.86. The minimum atomic E-state index is 0.132. The van der Waals surface area contributed by atoms with E-state index in [1.54, 1.807) is 0 Å². The predicted octanol–water partition coefficient (Wildman–Crippen LogP) is 5.51. The Labute approximate surface area is 128 Å². The standard InChI is InChI=1S/C20H24O/c1-6-16-8-7-9-17(12-16)14-21-19-11-15(2)10-18(13-19)20(3,4)5/h6-13H,1,14H2,2-5H3. The van der Waals surface area contributed by atoms with Crippen LogP contribution in [-0.2, 0) is 12.0 Å². The topological polar surface area (TPSA) is 9.23 Å². The first kappa shape index (κ1) is 15.4. The van der Waals surface area contributed by atoms with E-state index in [9.17, 15) is 0 Å². The second-order valence-electron chi connectivity index (χ2n) is 6.52. The van der Waals surface area contributed by atoms with Gasteiger partial charge in [-0.25, -0.2) is 0 Å². The van der Waals surface area contributed by atoms with Crippen molar-refractivity contribution in [1.29, 1.82) is 0 Å². The Bertz CT molecular complexity index is 633. The van der Waals surface area contributed by atoms with Crippen LogP contribution >= 0.6 is 0 Å². The molecule has 0 aromatic heterocycles. The zero-order chi connectivity index (χ0) is 15.5. The van der Waals surface area contributed by atoms with Crippen molar-refractivity contribution in [2.45, 2.75) is 39.7 Å². The van der Waals surface area contributed by atoms with E-state index in [1.807, 2.05) is 18.2 Å². The summed E-state index contributed by atoms with van der Waals surface area (Å²) in [7, 11) is 0. The molecule has 0 bridgehead atoms. The van der Waals surface area contributed by atoms with Crippen molar-refractivity contribution < 1.29 is 4.74 Å². The highest BCUT2D eigenvalue weighted by atomic mass is 16.5. The van der Waals surface area contributed by atoms with E-state index < -0.39 is 0 Å². The molecule has 2 rings (SSSR count). The average Bonchev–Trinajstić information content (AvgIpc) is 2.44. The molecule has 110 valence electrons. The summed E-state index contributed by atoms with van der Waals surface area (Å²) in [5.41, 5.74) is 4.95. The Balaban J connectivity index is 2.16. The van der Waals surface area contributed by atoms with Crippen LogP contribution in [0.5, 0.6) is 5.75 Å². The van der Waals surface area contributed by atoms with Gasteiger partial charge in [-0.1, -0.05) is 57.7 Å². The van der Waals surface area contributed by atoms with Gasteiger partial charge in [0.2, 0.25) is 0 Å². The molecule has 0 aliphatic rings. The van der Waals surface area contributed by atoms with Crippen molar-refractivity contribution in [3.8, 4) is 5.75 Å². The third-order valence-electron chi connectivity index (χ3n) is 3.51. The number of hydrogen-bond donors (Lipinski definition) is 0. The number of aryl methyl sites for hydroxylation is 1. The summed E-state index contributed by atoms with van der Waals surface area (Å²) in [6.45, 7) is 13.2. The molecule has 2 aromatic rings. The van der Waals surface area contributed by atoms with E-state index in [0.29, 0.717) is 6.61 Å². The quantitative estimate of drug-likeness (QED) is 0.717. The van der Waals surface area contributed by atoms with E-state index in [1.165, 1.54) is 11.1 Å². The maximum absolute atomic E-state index is 5.97. The highest BCUT2D eigenvalue weighted by Crippen LogP contribution is 2.27. The van der Waals surface area contributed by atoms with Crippen molar-refractivity contribution in [2.24, 2.45) is 0 Å². The van der Waals surface area contributed by atoms with Crippen LogP contribution in [0.15, 0.2) is 49.0 Å². The minimum Gasteiger partial charge on any atom is -0.489 e. The monoisotopic (exact) mass is 280 g/mol. The number of rotatable bonds is 4. The lowest BCUT2D eigenvalue weighted by Crippen LogP contribution is -2.11. The van der Waals surface area contributed by atoms with Gasteiger partial charge in [-0.05, 0) is 52.8 Å². The molecule has 0 fully saturated rings. The molecule has 0 saturated heterocycles. The normalized spacial score (nSPS) is 11.2. The summed E-state index contributed by atoms with van der Waals surface area (Å²) in [6.07, 6.45) is 1.86. The second-order valence-corrected chi connectivity index (χ2v) is 6.52. The zero-order valence-electron chi connectivity index (χ0n) is 13.4. The Morgan fingerprint density at radius 1 is 1.10 bits per heavy atom. The molecule has 0 atom stereocenters. The van der Waals surface area contributed by atoms with Crippen LogP contribution in [0.2, 0.25) is 0 Å². The van der Waals surface area contributed by atoms with Crippen molar-refractivity contribution in [3.63, 3.8) is 0 Å². The van der Waals surface area contributed by atoms with Crippen molar-refractivity contribution in [3.05, 3.63) is 71.3 Å². The van der Waals surface area contributed by atoms with Crippen LogP contribution in [-0.4, -0.2) is 0 Å². The number of hydrogen-bond acceptors (Lipinski definition) is 1. The van der Waals surface area contributed by atoms with Crippen LogP contribution in [0.3, 0.4) is 0 Å². The minimum absolute atomic E-state index is 0.132. The maximum Gasteiger partial charge on any atom is 0.120 e. The molecular formula is C20H24O. The predicted molar refractivity (Wildman–Crippen MR) is 90.7 cm³/mol. The molecule has 1 nitrogen and oxygen atoms in total. The molecule has 0 radical (unpaired) electrons. The highest BCUT2D eigenvalue weighted by Gasteiger charge is 2.15. The van der Waals surface area contributed by atoms with Gasteiger partial charge in [-0.3, -0.25) is 0 Å². The first-order valence-electron chi connectivity index (χ1n) is 7.35. The lowest BCUT2D eigenvalue weighted by molar-refractivity contribution is 0.305. The molecule has 0 N–H and O–H groups in total. The SMILES string of the molecule is C=Cc1cccc(COc2cc(C)cc(C(C)(C)C)c2)c1. The van der Waals surface area contributed by atoms with Gasteiger partial charge in [0, 0.05) is 0 Å². The second kappa shape index (κ2) is 6.17. The van der Waals surface area contributed by atoms with Gasteiger partial charge < -0.3 is 4.74 Å². The van der Waals surface area contributed by atoms with Gasteiger partial charge in [-0.15, -0.1) is 0 Å². The molecule has 0 spiro atoms. The van der Waals surface area contributed by atoms with Crippen molar-refractivity contribution in [2.75, 3.05) is 0 Å². The molecule has 0 amide bonds. The van der Waals surface area contributed by atoms with Crippen LogP contribution in [0.25, 0.3) is 6.08 Å². The van der Waals surface area contributed by atoms with Crippen LogP contribution in [0.4, 0.5) is 0 Å². The van der Waals surface area contributed by atoms with E-state index in [4.69, 9.17) is 4.74 Å². The summed E-state index contributed by atoms with van der Waals surface area (Å²) in [6, 6.07) is 14.7. The van der Waals surface area contributed by atoms with Crippen molar-refractivity contribution in [1.82, 2.24) is 0 Å². The maximum atomic E-state index is 5.97. The van der Waals surface area contributed by atoms with E-state index in [0.717, 1.165) is 16.9 Å². The Morgan fingerprint density at radius 3 is 2.52 bits per heavy atom. The third kappa shape index (κ3) is 4.22. The molecule has 0 heterocycles. The van der Waals surface area contributed by atoms with Gasteiger partial charge in [-0.2, -0.15) is 0 Å². The molecule has 0 saturated carbocycles. The van der Waals surface area contributed by atoms with Crippen molar-refractivity contribution >= 4 is 6.08 Å². The number of benzene rings is 2. The van der Waals surface area contributed by atoms with Crippen LogP contribution < -0.4 is 4.74 Å². The molecule has 0 aliphatic carbocycles. The summed E-state index contributed by atoms with van der Waals surface area (Å²) < 4.78 is 5.97. The Morgan fingerprint density at radius 2 is 1.86 bits per heavy atom. The lowest BCUT2D eigenvalue weighted by Gasteiger charge is -2.21. The average molecular weight is 280 g/mol. The smallest absolute Gasteiger partial charge is 0.120 e. The third-order valence-corrected chi connectivity index (χ3v) is 3.51.